The van der Waals surface area contributed by atoms with Crippen molar-refractivity contribution in [3.63, 3.8) is 0 Å². The van der Waals surface area contributed by atoms with Crippen LogP contribution < -0.4 is 16.2 Å². The number of rotatable bonds is 7. The Morgan fingerprint density at radius 2 is 1.85 bits per heavy atom. The first-order valence-electron chi connectivity index (χ1n) is 8.17. The van der Waals surface area contributed by atoms with Gasteiger partial charge in [0.2, 0.25) is 11.8 Å². The third-order valence-corrected chi connectivity index (χ3v) is 4.21. The highest BCUT2D eigenvalue weighted by molar-refractivity contribution is 5.93. The van der Waals surface area contributed by atoms with Crippen LogP contribution in [0.4, 0.5) is 0 Å². The summed E-state index contributed by atoms with van der Waals surface area (Å²) < 4.78 is 7.56. The summed E-state index contributed by atoms with van der Waals surface area (Å²) in [6.07, 6.45) is 1.66. The predicted molar refractivity (Wildman–Crippen MR) is 97.6 cm³/mol. The molecule has 3 aromatic rings. The maximum atomic E-state index is 11.6. The number of hydrogen-bond donors (Lipinski definition) is 2. The van der Waals surface area contributed by atoms with Gasteiger partial charge in [-0.05, 0) is 24.1 Å². The number of amides is 2. The Hall–Kier alpha value is -3.35. The quantitative estimate of drug-likeness (QED) is 0.667. The SMILES string of the molecule is Cc1c(CC(N)=O)c2c(OCC(N)=O)nccc2n1Cc1ccccc1. The highest BCUT2D eigenvalue weighted by atomic mass is 16.5. The predicted octanol–water partition coefficient (Wildman–Crippen LogP) is 1.28. The lowest BCUT2D eigenvalue weighted by atomic mass is 10.1. The van der Waals surface area contributed by atoms with Crippen LogP contribution in [0.15, 0.2) is 42.6 Å². The molecule has 1 aromatic carbocycles. The molecule has 7 heteroatoms. The standard InChI is InChI=1S/C19H20N4O3/c1-12-14(9-16(20)24)18-15(7-8-22-19(18)26-11-17(21)25)23(12)10-13-5-3-2-4-6-13/h2-8H,9-11H2,1H3,(H2,20,24)(H2,21,25). The Balaban J connectivity index is 2.15. The Kier molecular flexibility index (Phi) is 4.88. The van der Waals surface area contributed by atoms with Crippen LogP contribution in [-0.2, 0) is 22.6 Å². The molecule has 0 aliphatic carbocycles. The lowest BCUT2D eigenvalue weighted by Gasteiger charge is -2.09. The molecule has 0 atom stereocenters. The third kappa shape index (κ3) is 3.51. The number of aromatic nitrogens is 2. The fourth-order valence-electron chi connectivity index (χ4n) is 3.08. The molecule has 0 radical (unpaired) electrons. The van der Waals surface area contributed by atoms with E-state index in [2.05, 4.69) is 9.55 Å². The molecule has 26 heavy (non-hydrogen) atoms. The summed E-state index contributed by atoms with van der Waals surface area (Å²) in [5.41, 5.74) is 14.2. The van der Waals surface area contributed by atoms with Crippen LogP contribution in [0.25, 0.3) is 10.9 Å². The second kappa shape index (κ2) is 7.26. The molecule has 0 aliphatic heterocycles. The van der Waals surface area contributed by atoms with Crippen LogP contribution in [-0.4, -0.2) is 28.0 Å². The molecule has 0 fully saturated rings. The topological polar surface area (TPSA) is 113 Å². The van der Waals surface area contributed by atoms with Gasteiger partial charge in [0.25, 0.3) is 5.91 Å². The van der Waals surface area contributed by atoms with E-state index in [0.29, 0.717) is 11.9 Å². The average Bonchev–Trinajstić information content (AvgIpc) is 2.86. The van der Waals surface area contributed by atoms with E-state index in [0.717, 1.165) is 22.3 Å². The highest BCUT2D eigenvalue weighted by Gasteiger charge is 2.20. The number of pyridine rings is 1. The molecule has 4 N–H and O–H groups in total. The van der Waals surface area contributed by atoms with E-state index in [4.69, 9.17) is 16.2 Å². The minimum Gasteiger partial charge on any atom is -0.467 e. The lowest BCUT2D eigenvalue weighted by Crippen LogP contribution is -2.20. The smallest absolute Gasteiger partial charge is 0.255 e. The van der Waals surface area contributed by atoms with E-state index in [9.17, 15) is 9.59 Å². The molecule has 3 rings (SSSR count). The van der Waals surface area contributed by atoms with Gasteiger partial charge < -0.3 is 20.8 Å². The van der Waals surface area contributed by atoms with E-state index in [1.165, 1.54) is 0 Å². The molecule has 134 valence electrons. The van der Waals surface area contributed by atoms with Crippen molar-refractivity contribution in [1.82, 2.24) is 9.55 Å². The monoisotopic (exact) mass is 352 g/mol. The van der Waals surface area contributed by atoms with E-state index in [1.54, 1.807) is 6.20 Å². The maximum absolute atomic E-state index is 11.6. The van der Waals surface area contributed by atoms with Gasteiger partial charge in [-0.25, -0.2) is 4.98 Å². The first-order chi connectivity index (χ1) is 12.5. The molecule has 7 nitrogen and oxygen atoms in total. The number of nitrogens with two attached hydrogens (primary N) is 2. The maximum Gasteiger partial charge on any atom is 0.255 e. The zero-order chi connectivity index (χ0) is 18.7. The van der Waals surface area contributed by atoms with Gasteiger partial charge in [0, 0.05) is 18.4 Å². The van der Waals surface area contributed by atoms with Crippen molar-refractivity contribution in [1.29, 1.82) is 0 Å². The third-order valence-electron chi connectivity index (χ3n) is 4.21. The van der Waals surface area contributed by atoms with E-state index in [1.807, 2.05) is 43.3 Å². The molecule has 0 unspecified atom stereocenters. The fraction of sp³-hybridized carbons (Fsp3) is 0.211. The minimum absolute atomic E-state index is 0.0583. The summed E-state index contributed by atoms with van der Waals surface area (Å²) in [6.45, 7) is 2.27. The number of benzene rings is 1. The van der Waals surface area contributed by atoms with Gasteiger partial charge in [-0.3, -0.25) is 9.59 Å². The Morgan fingerprint density at radius 3 is 2.50 bits per heavy atom. The molecule has 0 aliphatic rings. The van der Waals surface area contributed by atoms with E-state index in [-0.39, 0.29) is 18.9 Å². The van der Waals surface area contributed by atoms with Gasteiger partial charge in [0.05, 0.1) is 17.3 Å². The van der Waals surface area contributed by atoms with Crippen molar-refractivity contribution in [3.8, 4) is 5.88 Å². The van der Waals surface area contributed by atoms with Gasteiger partial charge in [-0.1, -0.05) is 30.3 Å². The summed E-state index contributed by atoms with van der Waals surface area (Å²) >= 11 is 0. The van der Waals surface area contributed by atoms with Crippen LogP contribution in [0.5, 0.6) is 5.88 Å². The number of carbonyl (C=O) groups excluding carboxylic acids is 2. The largest absolute Gasteiger partial charge is 0.467 e. The molecule has 0 saturated carbocycles. The number of fused-ring (bicyclic) bond motifs is 1. The van der Waals surface area contributed by atoms with Crippen LogP contribution >= 0.6 is 0 Å². The van der Waals surface area contributed by atoms with Gasteiger partial charge in [0.1, 0.15) is 0 Å². The Morgan fingerprint density at radius 1 is 1.12 bits per heavy atom. The summed E-state index contributed by atoms with van der Waals surface area (Å²) in [5, 5.41) is 0.681. The van der Waals surface area contributed by atoms with Crippen LogP contribution in [0.1, 0.15) is 16.8 Å². The van der Waals surface area contributed by atoms with Crippen molar-refractivity contribution in [3.05, 3.63) is 59.4 Å². The van der Waals surface area contributed by atoms with Gasteiger partial charge >= 0.3 is 0 Å². The van der Waals surface area contributed by atoms with Crippen LogP contribution in [0.2, 0.25) is 0 Å². The fourth-order valence-corrected chi connectivity index (χ4v) is 3.08. The molecule has 2 amide bonds. The van der Waals surface area contributed by atoms with Crippen LogP contribution in [0.3, 0.4) is 0 Å². The summed E-state index contributed by atoms with van der Waals surface area (Å²) in [5.74, 6) is -0.773. The van der Waals surface area contributed by atoms with Crippen molar-refractivity contribution in [2.45, 2.75) is 19.9 Å². The summed E-state index contributed by atoms with van der Waals surface area (Å²) in [6, 6.07) is 11.8. The highest BCUT2D eigenvalue weighted by Crippen LogP contribution is 2.33. The molecule has 2 aromatic heterocycles. The normalized spacial score (nSPS) is 10.8. The number of ether oxygens (including phenoxy) is 1. The van der Waals surface area contributed by atoms with E-state index < -0.39 is 11.8 Å². The molecule has 0 bridgehead atoms. The number of nitrogens with zero attached hydrogens (tertiary/aromatic N) is 2. The van der Waals surface area contributed by atoms with Crippen LogP contribution in [0, 0.1) is 6.92 Å². The molecule has 0 spiro atoms. The minimum atomic E-state index is -0.597. The second-order valence-electron chi connectivity index (χ2n) is 6.04. The zero-order valence-corrected chi connectivity index (χ0v) is 14.4. The summed E-state index contributed by atoms with van der Waals surface area (Å²) in [4.78, 5) is 26.9. The van der Waals surface area contributed by atoms with Crippen molar-refractivity contribution in [2.24, 2.45) is 11.5 Å². The van der Waals surface area contributed by atoms with E-state index >= 15 is 0 Å². The average molecular weight is 352 g/mol. The number of primary amides is 2. The Bertz CT molecular complexity index is 964. The second-order valence-corrected chi connectivity index (χ2v) is 6.04. The molecular weight excluding hydrogens is 332 g/mol. The van der Waals surface area contributed by atoms with Crippen molar-refractivity contribution >= 4 is 22.7 Å². The molecule has 0 saturated heterocycles. The van der Waals surface area contributed by atoms with Gasteiger partial charge in [0.15, 0.2) is 6.61 Å². The van der Waals surface area contributed by atoms with Crippen molar-refractivity contribution in [2.75, 3.05) is 6.61 Å². The first-order valence-corrected chi connectivity index (χ1v) is 8.17. The molecular formula is C19H20N4O3. The van der Waals surface area contributed by atoms with Gasteiger partial charge in [-0.15, -0.1) is 0 Å². The zero-order valence-electron chi connectivity index (χ0n) is 14.4. The lowest BCUT2D eigenvalue weighted by molar-refractivity contribution is -0.120. The van der Waals surface area contributed by atoms with Crippen molar-refractivity contribution < 1.29 is 14.3 Å². The molecule has 2 heterocycles. The number of hydrogen-bond acceptors (Lipinski definition) is 4. The first kappa shape index (κ1) is 17.5. The summed E-state index contributed by atoms with van der Waals surface area (Å²) in [7, 11) is 0. The number of carbonyl (C=O) groups is 2. The Labute approximate surface area is 150 Å². The van der Waals surface area contributed by atoms with Gasteiger partial charge in [-0.2, -0.15) is 0 Å².